The Morgan fingerprint density at radius 2 is 2.00 bits per heavy atom. The molecule has 1 aliphatic rings. The van der Waals surface area contributed by atoms with E-state index in [1.165, 1.54) is 0 Å². The highest BCUT2D eigenvalue weighted by Gasteiger charge is 2.27. The van der Waals surface area contributed by atoms with Gasteiger partial charge < -0.3 is 15.4 Å². The second-order valence-electron chi connectivity index (χ2n) is 3.51. The number of aliphatic hydroxyl groups is 1. The number of hydrogen-bond acceptors (Lipinski definition) is 3. The molecular weight excluding hydrogens is 154 g/mol. The highest BCUT2D eigenvalue weighted by Crippen LogP contribution is 2.20. The van der Waals surface area contributed by atoms with E-state index in [9.17, 15) is 5.11 Å². The molecule has 0 unspecified atom stereocenters. The second-order valence-corrected chi connectivity index (χ2v) is 3.51. The lowest BCUT2D eigenvalue weighted by Crippen LogP contribution is -2.45. The van der Waals surface area contributed by atoms with Crippen LogP contribution in [-0.4, -0.2) is 40.7 Å². The number of likely N-dealkylation sites (tertiary alicyclic amines) is 1. The van der Waals surface area contributed by atoms with Gasteiger partial charge in [0, 0.05) is 13.1 Å². The fraction of sp³-hybridized carbons (Fsp3) is 0.750. The third-order valence-corrected chi connectivity index (χ3v) is 2.32. The summed E-state index contributed by atoms with van der Waals surface area (Å²) in [5.74, 6) is 0.241. The normalized spacial score (nSPS) is 22.0. The predicted molar refractivity (Wildman–Crippen MR) is 47.9 cm³/mol. The molecular formula is C8H15N3O. The van der Waals surface area contributed by atoms with Gasteiger partial charge in [-0.2, -0.15) is 0 Å². The summed E-state index contributed by atoms with van der Waals surface area (Å²) >= 11 is 0. The molecule has 68 valence electrons. The third kappa shape index (κ3) is 2.04. The van der Waals surface area contributed by atoms with Crippen LogP contribution in [0.25, 0.3) is 0 Å². The zero-order valence-corrected chi connectivity index (χ0v) is 7.30. The Balaban J connectivity index is 2.46. The maximum atomic E-state index is 9.59. The minimum Gasteiger partial charge on any atom is -0.390 e. The van der Waals surface area contributed by atoms with Gasteiger partial charge in [-0.05, 0) is 19.8 Å². The molecule has 1 aliphatic heterocycles. The monoisotopic (exact) mass is 169 g/mol. The number of hydrogen-bond donors (Lipinski definition) is 3. The molecule has 3 N–H and O–H groups in total. The SMILES string of the molecule is CC1(O)CCN(C(=N)C=N)CC1. The molecule has 0 aromatic rings. The minimum absolute atomic E-state index is 0.241. The summed E-state index contributed by atoms with van der Waals surface area (Å²) in [5, 5.41) is 23.8. The molecule has 4 nitrogen and oxygen atoms in total. The first-order valence-corrected chi connectivity index (χ1v) is 4.11. The van der Waals surface area contributed by atoms with Crippen molar-refractivity contribution in [3.63, 3.8) is 0 Å². The minimum atomic E-state index is -0.571. The van der Waals surface area contributed by atoms with Gasteiger partial charge in [-0.25, -0.2) is 0 Å². The number of nitrogens with zero attached hydrogens (tertiary/aromatic N) is 1. The maximum Gasteiger partial charge on any atom is 0.138 e. The number of piperidine rings is 1. The summed E-state index contributed by atoms with van der Waals surface area (Å²) < 4.78 is 0. The van der Waals surface area contributed by atoms with Crippen molar-refractivity contribution in [1.82, 2.24) is 4.90 Å². The lowest BCUT2D eigenvalue weighted by atomic mass is 9.94. The van der Waals surface area contributed by atoms with Crippen molar-refractivity contribution in [2.24, 2.45) is 0 Å². The van der Waals surface area contributed by atoms with Crippen molar-refractivity contribution < 1.29 is 5.11 Å². The summed E-state index contributed by atoms with van der Waals surface area (Å²) in [6.45, 7) is 3.18. The van der Waals surface area contributed by atoms with Crippen LogP contribution >= 0.6 is 0 Å². The predicted octanol–water partition coefficient (Wildman–Crippen LogP) is 0.460. The third-order valence-electron chi connectivity index (χ3n) is 2.32. The molecule has 0 aromatic heterocycles. The Morgan fingerprint density at radius 1 is 1.50 bits per heavy atom. The van der Waals surface area contributed by atoms with E-state index >= 15 is 0 Å². The van der Waals surface area contributed by atoms with Crippen molar-refractivity contribution in [1.29, 1.82) is 10.8 Å². The van der Waals surface area contributed by atoms with Gasteiger partial charge in [0.05, 0.1) is 11.8 Å². The lowest BCUT2D eigenvalue weighted by molar-refractivity contribution is 0.0102. The van der Waals surface area contributed by atoms with Gasteiger partial charge in [0.2, 0.25) is 0 Å². The van der Waals surface area contributed by atoms with Gasteiger partial charge in [-0.15, -0.1) is 0 Å². The zero-order chi connectivity index (χ0) is 9.19. The first-order valence-electron chi connectivity index (χ1n) is 4.11. The summed E-state index contributed by atoms with van der Waals surface area (Å²) in [4.78, 5) is 1.81. The molecule has 0 saturated carbocycles. The highest BCUT2D eigenvalue weighted by molar-refractivity contribution is 6.26. The van der Waals surface area contributed by atoms with Crippen molar-refractivity contribution in [2.75, 3.05) is 13.1 Å². The van der Waals surface area contributed by atoms with Crippen LogP contribution < -0.4 is 0 Å². The smallest absolute Gasteiger partial charge is 0.138 e. The lowest BCUT2D eigenvalue weighted by Gasteiger charge is -2.36. The Kier molecular flexibility index (Phi) is 2.47. The van der Waals surface area contributed by atoms with Crippen LogP contribution in [-0.2, 0) is 0 Å². The summed E-state index contributed by atoms with van der Waals surface area (Å²) in [7, 11) is 0. The standard InChI is InChI=1S/C8H15N3O/c1-8(12)2-4-11(5-3-8)7(10)6-9/h6,9-10,12H,2-5H2,1H3. The van der Waals surface area contributed by atoms with Gasteiger partial charge in [0.1, 0.15) is 5.84 Å². The average molecular weight is 169 g/mol. The van der Waals surface area contributed by atoms with Crippen molar-refractivity contribution >= 4 is 12.1 Å². The number of nitrogens with one attached hydrogen (secondary N) is 2. The molecule has 0 bridgehead atoms. The molecule has 0 spiro atoms. The molecule has 12 heavy (non-hydrogen) atoms. The van der Waals surface area contributed by atoms with E-state index in [2.05, 4.69) is 0 Å². The average Bonchev–Trinajstić information content (AvgIpc) is 2.03. The number of rotatable bonds is 1. The topological polar surface area (TPSA) is 71.2 Å². The van der Waals surface area contributed by atoms with E-state index < -0.39 is 5.60 Å². The zero-order valence-electron chi connectivity index (χ0n) is 7.30. The summed E-state index contributed by atoms with van der Waals surface area (Å²) in [6, 6.07) is 0. The number of amidine groups is 1. The van der Waals surface area contributed by atoms with Gasteiger partial charge >= 0.3 is 0 Å². The second kappa shape index (κ2) is 3.23. The molecule has 4 heteroatoms. The Labute approximate surface area is 72.2 Å². The Hall–Kier alpha value is -0.900. The van der Waals surface area contributed by atoms with Crippen LogP contribution in [0.15, 0.2) is 0 Å². The highest BCUT2D eigenvalue weighted by atomic mass is 16.3. The van der Waals surface area contributed by atoms with Crippen LogP contribution in [0.3, 0.4) is 0 Å². The van der Waals surface area contributed by atoms with Gasteiger partial charge in [-0.1, -0.05) is 0 Å². The van der Waals surface area contributed by atoms with Gasteiger partial charge in [0.15, 0.2) is 0 Å². The van der Waals surface area contributed by atoms with Crippen LogP contribution in [0.1, 0.15) is 19.8 Å². The van der Waals surface area contributed by atoms with Crippen molar-refractivity contribution in [3.8, 4) is 0 Å². The van der Waals surface area contributed by atoms with Crippen LogP contribution in [0, 0.1) is 10.8 Å². The first kappa shape index (κ1) is 9.19. The van der Waals surface area contributed by atoms with Crippen molar-refractivity contribution in [2.45, 2.75) is 25.4 Å². The first-order chi connectivity index (χ1) is 5.55. The van der Waals surface area contributed by atoms with E-state index in [0.717, 1.165) is 6.21 Å². The molecule has 0 aromatic carbocycles. The molecule has 0 atom stereocenters. The fourth-order valence-corrected chi connectivity index (χ4v) is 1.32. The maximum absolute atomic E-state index is 9.59. The van der Waals surface area contributed by atoms with Gasteiger partial charge in [0.25, 0.3) is 0 Å². The van der Waals surface area contributed by atoms with E-state index in [-0.39, 0.29) is 5.84 Å². The Bertz CT molecular complexity index is 190. The molecule has 0 radical (unpaired) electrons. The summed E-state index contributed by atoms with van der Waals surface area (Å²) in [5.41, 5.74) is -0.571. The van der Waals surface area contributed by atoms with E-state index in [0.29, 0.717) is 25.9 Å². The van der Waals surface area contributed by atoms with E-state index in [4.69, 9.17) is 10.8 Å². The largest absolute Gasteiger partial charge is 0.390 e. The molecule has 0 amide bonds. The molecule has 1 heterocycles. The summed E-state index contributed by atoms with van der Waals surface area (Å²) in [6.07, 6.45) is 2.41. The van der Waals surface area contributed by atoms with Crippen LogP contribution in [0.5, 0.6) is 0 Å². The molecule has 0 aliphatic carbocycles. The molecule has 1 rings (SSSR count). The van der Waals surface area contributed by atoms with E-state index in [1.54, 1.807) is 0 Å². The van der Waals surface area contributed by atoms with Gasteiger partial charge in [-0.3, -0.25) is 5.41 Å². The van der Waals surface area contributed by atoms with Crippen LogP contribution in [0.2, 0.25) is 0 Å². The van der Waals surface area contributed by atoms with Crippen molar-refractivity contribution in [3.05, 3.63) is 0 Å². The fourth-order valence-electron chi connectivity index (χ4n) is 1.32. The quantitative estimate of drug-likeness (QED) is 0.394. The van der Waals surface area contributed by atoms with E-state index in [1.807, 2.05) is 11.8 Å². The Morgan fingerprint density at radius 3 is 2.42 bits per heavy atom. The van der Waals surface area contributed by atoms with Crippen LogP contribution in [0.4, 0.5) is 0 Å². The molecule has 1 saturated heterocycles. The molecule has 1 fully saturated rings.